The predicted molar refractivity (Wildman–Crippen MR) is 86.3 cm³/mol. The molecule has 0 heterocycles. The van der Waals surface area contributed by atoms with Crippen molar-refractivity contribution in [3.63, 3.8) is 0 Å². The standard InChI is InChI=1S/C19H23NO/c1-14-7-9-15(10-8-14)17-11-18(12-17)20-19(13-21)16-5-3-2-4-6-16/h2-10,17-21H,11-13H2,1H3. The Bertz CT molecular complexity index is 558. The second-order valence-electron chi connectivity index (χ2n) is 6.09. The van der Waals surface area contributed by atoms with Crippen LogP contribution in [0.2, 0.25) is 0 Å². The van der Waals surface area contributed by atoms with Gasteiger partial charge in [-0.2, -0.15) is 0 Å². The van der Waals surface area contributed by atoms with Gasteiger partial charge in [0.25, 0.3) is 0 Å². The summed E-state index contributed by atoms with van der Waals surface area (Å²) in [5, 5.41) is 13.2. The van der Waals surface area contributed by atoms with Crippen LogP contribution in [0.25, 0.3) is 0 Å². The van der Waals surface area contributed by atoms with Gasteiger partial charge in [-0.05, 0) is 36.8 Å². The Morgan fingerprint density at radius 2 is 1.71 bits per heavy atom. The molecule has 3 rings (SSSR count). The van der Waals surface area contributed by atoms with Gasteiger partial charge in [0.05, 0.1) is 12.6 Å². The van der Waals surface area contributed by atoms with Gasteiger partial charge in [-0.15, -0.1) is 0 Å². The molecule has 1 aliphatic carbocycles. The average molecular weight is 281 g/mol. The molecule has 110 valence electrons. The Labute approximate surface area is 126 Å². The zero-order chi connectivity index (χ0) is 14.7. The van der Waals surface area contributed by atoms with Gasteiger partial charge in [-0.1, -0.05) is 60.2 Å². The first-order valence-electron chi connectivity index (χ1n) is 7.74. The highest BCUT2D eigenvalue weighted by molar-refractivity contribution is 5.27. The molecule has 1 atom stereocenters. The molecule has 2 aromatic rings. The third-order valence-corrected chi connectivity index (χ3v) is 4.51. The molecule has 1 aliphatic rings. The van der Waals surface area contributed by atoms with Gasteiger partial charge < -0.3 is 10.4 Å². The van der Waals surface area contributed by atoms with Crippen LogP contribution >= 0.6 is 0 Å². The normalized spacial score (nSPS) is 22.6. The average Bonchev–Trinajstić information content (AvgIpc) is 2.49. The molecule has 0 aliphatic heterocycles. The van der Waals surface area contributed by atoms with Crippen LogP contribution < -0.4 is 5.32 Å². The lowest BCUT2D eigenvalue weighted by atomic mass is 9.75. The van der Waals surface area contributed by atoms with E-state index in [0.29, 0.717) is 12.0 Å². The van der Waals surface area contributed by atoms with Gasteiger partial charge in [0.1, 0.15) is 0 Å². The van der Waals surface area contributed by atoms with E-state index in [-0.39, 0.29) is 12.6 Å². The van der Waals surface area contributed by atoms with Crippen molar-refractivity contribution in [1.82, 2.24) is 5.32 Å². The van der Waals surface area contributed by atoms with Crippen LogP contribution in [-0.2, 0) is 0 Å². The molecular formula is C19H23NO. The van der Waals surface area contributed by atoms with Crippen molar-refractivity contribution in [1.29, 1.82) is 0 Å². The van der Waals surface area contributed by atoms with E-state index in [0.717, 1.165) is 12.8 Å². The molecule has 2 nitrogen and oxygen atoms in total. The molecule has 0 spiro atoms. The van der Waals surface area contributed by atoms with Crippen molar-refractivity contribution in [2.75, 3.05) is 6.61 Å². The molecular weight excluding hydrogens is 258 g/mol. The Kier molecular flexibility index (Phi) is 4.37. The van der Waals surface area contributed by atoms with E-state index in [4.69, 9.17) is 0 Å². The van der Waals surface area contributed by atoms with E-state index < -0.39 is 0 Å². The van der Waals surface area contributed by atoms with Crippen molar-refractivity contribution in [2.24, 2.45) is 0 Å². The van der Waals surface area contributed by atoms with E-state index in [1.54, 1.807) is 0 Å². The molecule has 0 saturated heterocycles. The largest absolute Gasteiger partial charge is 0.394 e. The van der Waals surface area contributed by atoms with Crippen molar-refractivity contribution < 1.29 is 5.11 Å². The van der Waals surface area contributed by atoms with Gasteiger partial charge in [-0.3, -0.25) is 0 Å². The summed E-state index contributed by atoms with van der Waals surface area (Å²) in [6.45, 7) is 2.27. The first-order valence-corrected chi connectivity index (χ1v) is 7.74. The number of aryl methyl sites for hydroxylation is 1. The molecule has 2 N–H and O–H groups in total. The number of rotatable bonds is 5. The highest BCUT2D eigenvalue weighted by Gasteiger charge is 2.31. The van der Waals surface area contributed by atoms with Gasteiger partial charge in [0, 0.05) is 6.04 Å². The molecule has 1 unspecified atom stereocenters. The Balaban J connectivity index is 1.55. The number of aliphatic hydroxyl groups is 1. The van der Waals surface area contributed by atoms with E-state index >= 15 is 0 Å². The van der Waals surface area contributed by atoms with E-state index in [1.807, 2.05) is 18.2 Å². The second kappa shape index (κ2) is 6.42. The number of hydrogen-bond donors (Lipinski definition) is 2. The molecule has 0 aromatic heterocycles. The minimum absolute atomic E-state index is 0.0511. The molecule has 1 saturated carbocycles. The summed E-state index contributed by atoms with van der Waals surface area (Å²) in [5.74, 6) is 0.665. The summed E-state index contributed by atoms with van der Waals surface area (Å²) >= 11 is 0. The third-order valence-electron chi connectivity index (χ3n) is 4.51. The van der Waals surface area contributed by atoms with Gasteiger partial charge in [0.2, 0.25) is 0 Å². The molecule has 2 heteroatoms. The van der Waals surface area contributed by atoms with Crippen LogP contribution in [0.15, 0.2) is 54.6 Å². The predicted octanol–water partition coefficient (Wildman–Crippen LogP) is 3.56. The fourth-order valence-corrected chi connectivity index (χ4v) is 3.09. The first kappa shape index (κ1) is 14.3. The summed E-state index contributed by atoms with van der Waals surface area (Å²) < 4.78 is 0. The summed E-state index contributed by atoms with van der Waals surface area (Å²) in [7, 11) is 0. The lowest BCUT2D eigenvalue weighted by Crippen LogP contribution is -2.43. The van der Waals surface area contributed by atoms with Gasteiger partial charge in [0.15, 0.2) is 0 Å². The summed E-state index contributed by atoms with van der Waals surface area (Å²) in [4.78, 5) is 0. The molecule has 21 heavy (non-hydrogen) atoms. The number of aliphatic hydroxyl groups excluding tert-OH is 1. The quantitative estimate of drug-likeness (QED) is 0.878. The molecule has 2 aromatic carbocycles. The van der Waals surface area contributed by atoms with Gasteiger partial charge >= 0.3 is 0 Å². The van der Waals surface area contributed by atoms with Crippen LogP contribution in [0.4, 0.5) is 0 Å². The Morgan fingerprint density at radius 3 is 2.33 bits per heavy atom. The zero-order valence-corrected chi connectivity index (χ0v) is 12.5. The van der Waals surface area contributed by atoms with E-state index in [9.17, 15) is 5.11 Å². The fraction of sp³-hybridized carbons (Fsp3) is 0.368. The molecule has 0 radical (unpaired) electrons. The monoisotopic (exact) mass is 281 g/mol. The lowest BCUT2D eigenvalue weighted by Gasteiger charge is -2.38. The zero-order valence-electron chi connectivity index (χ0n) is 12.5. The third kappa shape index (κ3) is 3.34. The number of benzene rings is 2. The van der Waals surface area contributed by atoms with E-state index in [2.05, 4.69) is 48.6 Å². The summed E-state index contributed by atoms with van der Waals surface area (Å²) in [6.07, 6.45) is 2.32. The van der Waals surface area contributed by atoms with Crippen LogP contribution in [0, 0.1) is 6.92 Å². The number of hydrogen-bond acceptors (Lipinski definition) is 2. The maximum atomic E-state index is 9.60. The van der Waals surface area contributed by atoms with E-state index in [1.165, 1.54) is 16.7 Å². The maximum absolute atomic E-state index is 9.60. The van der Waals surface area contributed by atoms with Crippen molar-refractivity contribution in [2.45, 2.75) is 37.8 Å². The summed E-state index contributed by atoms with van der Waals surface area (Å²) in [6, 6.07) is 19.6. The maximum Gasteiger partial charge on any atom is 0.0626 e. The number of nitrogens with one attached hydrogen (secondary N) is 1. The lowest BCUT2D eigenvalue weighted by molar-refractivity contribution is 0.197. The van der Waals surface area contributed by atoms with Crippen LogP contribution in [0.1, 0.15) is 41.5 Å². The molecule has 0 bridgehead atoms. The van der Waals surface area contributed by atoms with Crippen molar-refractivity contribution in [3.8, 4) is 0 Å². The van der Waals surface area contributed by atoms with Crippen LogP contribution in [-0.4, -0.2) is 17.8 Å². The Hall–Kier alpha value is -1.64. The fourth-order valence-electron chi connectivity index (χ4n) is 3.09. The smallest absolute Gasteiger partial charge is 0.0626 e. The van der Waals surface area contributed by atoms with Crippen molar-refractivity contribution >= 4 is 0 Å². The summed E-state index contributed by atoms with van der Waals surface area (Å²) in [5.41, 5.74) is 3.93. The van der Waals surface area contributed by atoms with Crippen LogP contribution in [0.5, 0.6) is 0 Å². The first-order chi connectivity index (χ1) is 10.3. The molecule has 0 amide bonds. The minimum Gasteiger partial charge on any atom is -0.394 e. The van der Waals surface area contributed by atoms with Crippen molar-refractivity contribution in [3.05, 3.63) is 71.3 Å². The van der Waals surface area contributed by atoms with Crippen LogP contribution in [0.3, 0.4) is 0 Å². The second-order valence-corrected chi connectivity index (χ2v) is 6.09. The Morgan fingerprint density at radius 1 is 1.05 bits per heavy atom. The highest BCUT2D eigenvalue weighted by Crippen LogP contribution is 2.37. The van der Waals surface area contributed by atoms with Gasteiger partial charge in [-0.25, -0.2) is 0 Å². The molecule has 1 fully saturated rings. The SMILES string of the molecule is Cc1ccc(C2CC(NC(CO)c3ccccc3)C2)cc1. The highest BCUT2D eigenvalue weighted by atomic mass is 16.3. The topological polar surface area (TPSA) is 32.3 Å². The minimum atomic E-state index is 0.0511.